The summed E-state index contributed by atoms with van der Waals surface area (Å²) < 4.78 is 2.00. The molecule has 1 fully saturated rings. The molecule has 2 amide bonds. The molecule has 2 heterocycles. The second-order valence-electron chi connectivity index (χ2n) is 9.44. The van der Waals surface area contributed by atoms with Gasteiger partial charge in [-0.25, -0.2) is 0 Å². The standard InChI is InChI=1S/C16H20N2O.C14H19NO/c1-4-11-18(3)16(19)14-10-12-17(2)15(14)13-8-6-5-7-9-13;1-12(16)15-9-5-8-14(11-15)10-13-6-3-2-4-7-13/h5-10,12H,4,11H2,1-3H3;2-4,6-7,14H,5,8-11H2,1H3. The van der Waals surface area contributed by atoms with E-state index in [0.717, 1.165) is 55.7 Å². The topological polar surface area (TPSA) is 45.6 Å². The average molecular weight is 474 g/mol. The molecule has 1 aromatic heterocycles. The Balaban J connectivity index is 0.000000198. The van der Waals surface area contributed by atoms with Crippen LogP contribution < -0.4 is 0 Å². The number of rotatable bonds is 6. The minimum Gasteiger partial charge on any atom is -0.350 e. The molecule has 0 saturated carbocycles. The number of hydrogen-bond donors (Lipinski definition) is 0. The molecule has 1 aliphatic rings. The summed E-state index contributed by atoms with van der Waals surface area (Å²) in [5.74, 6) is 0.944. The molecule has 3 aromatic rings. The Morgan fingerprint density at radius 3 is 2.29 bits per heavy atom. The molecule has 35 heavy (non-hydrogen) atoms. The van der Waals surface area contributed by atoms with Crippen LogP contribution in [-0.4, -0.2) is 52.9 Å². The number of hydrogen-bond acceptors (Lipinski definition) is 2. The highest BCUT2D eigenvalue weighted by Gasteiger charge is 2.21. The lowest BCUT2D eigenvalue weighted by Gasteiger charge is -2.32. The SMILES string of the molecule is CC(=O)N1CCCC(Cc2ccccc2)C1.CCCN(C)C(=O)c1ccn(C)c1-c1ccccc1. The number of carbonyl (C=O) groups excluding carboxylic acids is 2. The molecule has 1 aliphatic heterocycles. The normalized spacial score (nSPS) is 15.2. The zero-order chi connectivity index (χ0) is 25.2. The van der Waals surface area contributed by atoms with Crippen molar-refractivity contribution in [3.63, 3.8) is 0 Å². The van der Waals surface area contributed by atoms with E-state index in [4.69, 9.17) is 0 Å². The predicted octanol–water partition coefficient (Wildman–Crippen LogP) is 5.66. The van der Waals surface area contributed by atoms with E-state index < -0.39 is 0 Å². The molecule has 0 radical (unpaired) electrons. The van der Waals surface area contributed by atoms with Crippen molar-refractivity contribution in [3.05, 3.63) is 84.1 Å². The minimum atomic E-state index is 0.0845. The van der Waals surface area contributed by atoms with E-state index in [2.05, 4.69) is 31.2 Å². The number of aromatic nitrogens is 1. The van der Waals surface area contributed by atoms with E-state index >= 15 is 0 Å². The van der Waals surface area contributed by atoms with E-state index in [1.807, 2.05) is 72.2 Å². The van der Waals surface area contributed by atoms with E-state index in [1.165, 1.54) is 12.0 Å². The van der Waals surface area contributed by atoms with E-state index in [1.54, 1.807) is 11.8 Å². The van der Waals surface area contributed by atoms with Crippen LogP contribution in [0.1, 0.15) is 49.0 Å². The largest absolute Gasteiger partial charge is 0.350 e. The van der Waals surface area contributed by atoms with Gasteiger partial charge in [0, 0.05) is 46.9 Å². The molecule has 4 rings (SSSR count). The zero-order valence-corrected chi connectivity index (χ0v) is 21.6. The van der Waals surface area contributed by atoms with Crippen molar-refractivity contribution in [2.45, 2.75) is 39.5 Å². The maximum Gasteiger partial charge on any atom is 0.255 e. The third kappa shape index (κ3) is 7.32. The molecule has 0 bridgehead atoms. The van der Waals surface area contributed by atoms with Gasteiger partial charge in [-0.15, -0.1) is 0 Å². The summed E-state index contributed by atoms with van der Waals surface area (Å²) in [6.07, 6.45) is 6.41. The third-order valence-electron chi connectivity index (χ3n) is 6.59. The number of likely N-dealkylation sites (tertiary alicyclic amines) is 1. The van der Waals surface area contributed by atoms with Crippen LogP contribution in [0.4, 0.5) is 0 Å². The highest BCUT2D eigenvalue weighted by atomic mass is 16.2. The number of piperidine rings is 1. The van der Waals surface area contributed by atoms with Gasteiger partial charge in [-0.1, -0.05) is 67.6 Å². The second kappa shape index (κ2) is 12.9. The maximum absolute atomic E-state index is 12.5. The lowest BCUT2D eigenvalue weighted by Crippen LogP contribution is -2.39. The molecular formula is C30H39N3O2. The Morgan fingerprint density at radius 1 is 1.00 bits per heavy atom. The van der Waals surface area contributed by atoms with Crippen molar-refractivity contribution < 1.29 is 9.59 Å². The van der Waals surface area contributed by atoms with Crippen molar-refractivity contribution in [1.29, 1.82) is 0 Å². The number of carbonyl (C=O) groups is 2. The molecule has 0 N–H and O–H groups in total. The molecule has 1 saturated heterocycles. The molecular weight excluding hydrogens is 434 g/mol. The molecule has 0 aliphatic carbocycles. The Hall–Kier alpha value is -3.34. The molecule has 0 spiro atoms. The highest BCUT2D eigenvalue weighted by Crippen LogP contribution is 2.25. The fourth-order valence-electron chi connectivity index (χ4n) is 4.77. The highest BCUT2D eigenvalue weighted by molar-refractivity contribution is 6.00. The van der Waals surface area contributed by atoms with Gasteiger partial charge in [-0.3, -0.25) is 9.59 Å². The smallest absolute Gasteiger partial charge is 0.255 e. The lowest BCUT2D eigenvalue weighted by atomic mass is 9.91. The van der Waals surface area contributed by atoms with Crippen LogP contribution in [0.3, 0.4) is 0 Å². The van der Waals surface area contributed by atoms with Gasteiger partial charge in [-0.05, 0) is 48.8 Å². The third-order valence-corrected chi connectivity index (χ3v) is 6.59. The summed E-state index contributed by atoms with van der Waals surface area (Å²) in [6, 6.07) is 22.5. The summed E-state index contributed by atoms with van der Waals surface area (Å²) in [6.45, 7) is 6.41. The van der Waals surface area contributed by atoms with Crippen LogP contribution in [0.5, 0.6) is 0 Å². The van der Waals surface area contributed by atoms with Crippen molar-refractivity contribution in [2.75, 3.05) is 26.7 Å². The summed E-state index contributed by atoms with van der Waals surface area (Å²) in [7, 11) is 3.83. The van der Waals surface area contributed by atoms with Crippen LogP contribution in [0.15, 0.2) is 72.9 Å². The molecule has 5 nitrogen and oxygen atoms in total. The zero-order valence-electron chi connectivity index (χ0n) is 21.6. The summed E-state index contributed by atoms with van der Waals surface area (Å²) >= 11 is 0. The Bertz CT molecular complexity index is 1080. The first-order valence-corrected chi connectivity index (χ1v) is 12.7. The fraction of sp³-hybridized carbons (Fsp3) is 0.400. The quantitative estimate of drug-likeness (QED) is 0.464. The van der Waals surface area contributed by atoms with Crippen molar-refractivity contribution in [1.82, 2.24) is 14.4 Å². The average Bonchev–Trinajstić information content (AvgIpc) is 3.26. The van der Waals surface area contributed by atoms with Crippen LogP contribution in [-0.2, 0) is 18.3 Å². The number of amides is 2. The van der Waals surface area contributed by atoms with Gasteiger partial charge in [0.1, 0.15) is 0 Å². The maximum atomic E-state index is 12.5. The number of aryl methyl sites for hydroxylation is 1. The van der Waals surface area contributed by atoms with Crippen LogP contribution >= 0.6 is 0 Å². The minimum absolute atomic E-state index is 0.0845. The molecule has 2 aromatic carbocycles. The van der Waals surface area contributed by atoms with Gasteiger partial charge in [-0.2, -0.15) is 0 Å². The van der Waals surface area contributed by atoms with E-state index in [9.17, 15) is 9.59 Å². The fourth-order valence-corrected chi connectivity index (χ4v) is 4.77. The summed E-state index contributed by atoms with van der Waals surface area (Å²) in [5.41, 5.74) is 4.21. The first kappa shape index (κ1) is 26.3. The Morgan fingerprint density at radius 2 is 1.66 bits per heavy atom. The summed E-state index contributed by atoms with van der Waals surface area (Å²) in [4.78, 5) is 27.5. The second-order valence-corrected chi connectivity index (χ2v) is 9.44. The Kier molecular flexibility index (Phi) is 9.71. The van der Waals surface area contributed by atoms with Gasteiger partial charge < -0.3 is 14.4 Å². The van der Waals surface area contributed by atoms with E-state index in [-0.39, 0.29) is 11.8 Å². The monoisotopic (exact) mass is 473 g/mol. The van der Waals surface area contributed by atoms with E-state index in [0.29, 0.717) is 5.92 Å². The summed E-state index contributed by atoms with van der Waals surface area (Å²) in [5, 5.41) is 0. The molecule has 186 valence electrons. The van der Waals surface area contributed by atoms with Crippen LogP contribution in [0, 0.1) is 5.92 Å². The first-order valence-electron chi connectivity index (χ1n) is 12.7. The van der Waals surface area contributed by atoms with Gasteiger partial charge in [0.2, 0.25) is 5.91 Å². The number of nitrogens with zero attached hydrogens (tertiary/aromatic N) is 3. The van der Waals surface area contributed by atoms with Crippen molar-refractivity contribution in [2.24, 2.45) is 13.0 Å². The van der Waals surface area contributed by atoms with Gasteiger partial charge in [0.05, 0.1) is 11.3 Å². The van der Waals surface area contributed by atoms with Crippen LogP contribution in [0.2, 0.25) is 0 Å². The molecule has 5 heteroatoms. The van der Waals surface area contributed by atoms with Crippen LogP contribution in [0.25, 0.3) is 11.3 Å². The van der Waals surface area contributed by atoms with Gasteiger partial charge >= 0.3 is 0 Å². The molecule has 1 atom stereocenters. The van der Waals surface area contributed by atoms with Gasteiger partial charge in [0.25, 0.3) is 5.91 Å². The predicted molar refractivity (Wildman–Crippen MR) is 143 cm³/mol. The Labute approximate surface area is 210 Å². The van der Waals surface area contributed by atoms with Gasteiger partial charge in [0.15, 0.2) is 0 Å². The number of benzene rings is 2. The lowest BCUT2D eigenvalue weighted by molar-refractivity contribution is -0.130. The molecule has 1 unspecified atom stereocenters. The van der Waals surface area contributed by atoms with Crippen molar-refractivity contribution >= 4 is 11.8 Å². The van der Waals surface area contributed by atoms with Crippen molar-refractivity contribution in [3.8, 4) is 11.3 Å². The first-order chi connectivity index (χ1) is 16.9.